The molecule has 176 valence electrons. The summed E-state index contributed by atoms with van der Waals surface area (Å²) in [7, 11) is 0. The van der Waals surface area contributed by atoms with Crippen LogP contribution in [0.3, 0.4) is 0 Å². The van der Waals surface area contributed by atoms with Crippen LogP contribution in [0.25, 0.3) is 0 Å². The van der Waals surface area contributed by atoms with E-state index in [9.17, 15) is 9.59 Å². The van der Waals surface area contributed by atoms with E-state index in [2.05, 4.69) is 10.9 Å². The van der Waals surface area contributed by atoms with Crippen molar-refractivity contribution in [1.29, 1.82) is 0 Å². The van der Waals surface area contributed by atoms with Crippen molar-refractivity contribution in [3.8, 4) is 5.75 Å². The molecule has 2 aliphatic heterocycles. The van der Waals surface area contributed by atoms with E-state index in [0.717, 1.165) is 18.5 Å². The highest BCUT2D eigenvalue weighted by Gasteiger charge is 2.41. The second-order valence-corrected chi connectivity index (χ2v) is 8.63. The Labute approximate surface area is 196 Å². The number of hydrazine groups is 1. The molecule has 0 aliphatic carbocycles. The molecular formula is C26H34N4O3. The lowest BCUT2D eigenvalue weighted by Crippen LogP contribution is -2.49. The van der Waals surface area contributed by atoms with Gasteiger partial charge < -0.3 is 14.5 Å². The number of ether oxygens (including phenoxy) is 1. The summed E-state index contributed by atoms with van der Waals surface area (Å²) in [6.45, 7) is 7.08. The van der Waals surface area contributed by atoms with Gasteiger partial charge in [-0.05, 0) is 56.9 Å². The summed E-state index contributed by atoms with van der Waals surface area (Å²) >= 11 is 0. The molecule has 0 aromatic heterocycles. The van der Waals surface area contributed by atoms with E-state index in [1.807, 2.05) is 78.2 Å². The quantitative estimate of drug-likeness (QED) is 0.678. The predicted octanol–water partition coefficient (Wildman–Crippen LogP) is 3.08. The monoisotopic (exact) mass is 450 g/mol. The Hall–Kier alpha value is -2.90. The predicted molar refractivity (Wildman–Crippen MR) is 129 cm³/mol. The molecule has 2 aromatic carbocycles. The van der Waals surface area contributed by atoms with Crippen LogP contribution >= 0.6 is 0 Å². The van der Waals surface area contributed by atoms with Crippen LogP contribution in [-0.4, -0.2) is 55.5 Å². The molecule has 0 saturated carbocycles. The van der Waals surface area contributed by atoms with Crippen molar-refractivity contribution >= 4 is 17.5 Å². The molecule has 2 aromatic rings. The van der Waals surface area contributed by atoms with Gasteiger partial charge in [-0.15, -0.1) is 0 Å². The Morgan fingerprint density at radius 3 is 2.42 bits per heavy atom. The summed E-state index contributed by atoms with van der Waals surface area (Å²) in [4.78, 5) is 30.4. The van der Waals surface area contributed by atoms with Gasteiger partial charge in [0.2, 0.25) is 5.91 Å². The number of amides is 2. The molecular weight excluding hydrogens is 416 g/mol. The van der Waals surface area contributed by atoms with E-state index in [0.29, 0.717) is 50.0 Å². The molecule has 0 radical (unpaired) electrons. The third-order valence-electron chi connectivity index (χ3n) is 6.74. The SMILES string of the molecule is CCOc1ccccc1C(=O)N1CCC(C2NNCC2C(=O)N(CC)c2ccccc2)CC1. The zero-order chi connectivity index (χ0) is 23.2. The van der Waals surface area contributed by atoms with Crippen LogP contribution in [0.4, 0.5) is 5.69 Å². The largest absolute Gasteiger partial charge is 0.493 e. The van der Waals surface area contributed by atoms with E-state index < -0.39 is 0 Å². The van der Waals surface area contributed by atoms with Gasteiger partial charge in [-0.1, -0.05) is 30.3 Å². The van der Waals surface area contributed by atoms with Gasteiger partial charge in [-0.3, -0.25) is 20.4 Å². The van der Waals surface area contributed by atoms with Crippen LogP contribution in [-0.2, 0) is 4.79 Å². The maximum atomic E-state index is 13.5. The Morgan fingerprint density at radius 1 is 1.03 bits per heavy atom. The van der Waals surface area contributed by atoms with E-state index >= 15 is 0 Å². The number of carbonyl (C=O) groups is 2. The average molecular weight is 451 g/mol. The molecule has 2 atom stereocenters. The van der Waals surface area contributed by atoms with E-state index in [1.54, 1.807) is 0 Å². The van der Waals surface area contributed by atoms with Crippen molar-refractivity contribution in [3.63, 3.8) is 0 Å². The Bertz CT molecular complexity index is 944. The fourth-order valence-corrected chi connectivity index (χ4v) is 5.03. The molecule has 2 fully saturated rings. The molecule has 2 unspecified atom stereocenters. The number of likely N-dealkylation sites (tertiary alicyclic amines) is 1. The number of hydrogen-bond acceptors (Lipinski definition) is 5. The molecule has 7 heteroatoms. The molecule has 4 rings (SSSR count). The van der Waals surface area contributed by atoms with Crippen molar-refractivity contribution in [1.82, 2.24) is 15.8 Å². The zero-order valence-electron chi connectivity index (χ0n) is 19.5. The first-order valence-electron chi connectivity index (χ1n) is 12.0. The second kappa shape index (κ2) is 10.8. The van der Waals surface area contributed by atoms with Gasteiger partial charge in [-0.2, -0.15) is 0 Å². The first kappa shape index (κ1) is 23.3. The van der Waals surface area contributed by atoms with Gasteiger partial charge in [0.25, 0.3) is 5.91 Å². The zero-order valence-corrected chi connectivity index (χ0v) is 19.5. The van der Waals surface area contributed by atoms with Crippen LogP contribution in [0.15, 0.2) is 54.6 Å². The van der Waals surface area contributed by atoms with Gasteiger partial charge in [0, 0.05) is 37.9 Å². The smallest absolute Gasteiger partial charge is 0.257 e. The van der Waals surface area contributed by atoms with E-state index in [-0.39, 0.29) is 23.8 Å². The van der Waals surface area contributed by atoms with Crippen molar-refractivity contribution in [3.05, 3.63) is 60.2 Å². The second-order valence-electron chi connectivity index (χ2n) is 8.63. The molecule has 2 heterocycles. The third-order valence-corrected chi connectivity index (χ3v) is 6.74. The number of rotatable bonds is 7. The molecule has 2 N–H and O–H groups in total. The minimum absolute atomic E-state index is 0.0175. The normalized spacial score (nSPS) is 21.1. The lowest BCUT2D eigenvalue weighted by atomic mass is 9.82. The highest BCUT2D eigenvalue weighted by molar-refractivity contribution is 5.97. The number of para-hydroxylation sites is 2. The number of piperidine rings is 1. The number of nitrogens with zero attached hydrogens (tertiary/aromatic N) is 2. The Morgan fingerprint density at radius 2 is 1.73 bits per heavy atom. The fourth-order valence-electron chi connectivity index (χ4n) is 5.03. The summed E-state index contributed by atoms with van der Waals surface area (Å²) in [5.74, 6) is 1.00. The van der Waals surface area contributed by atoms with E-state index in [4.69, 9.17) is 4.74 Å². The van der Waals surface area contributed by atoms with Crippen molar-refractivity contribution in [2.24, 2.45) is 11.8 Å². The Kier molecular flexibility index (Phi) is 7.62. The number of hydrogen-bond donors (Lipinski definition) is 2. The van der Waals surface area contributed by atoms with Crippen molar-refractivity contribution < 1.29 is 14.3 Å². The van der Waals surface area contributed by atoms with Gasteiger partial charge in [0.05, 0.1) is 18.1 Å². The van der Waals surface area contributed by atoms with Crippen molar-refractivity contribution in [2.75, 3.05) is 37.7 Å². The lowest BCUT2D eigenvalue weighted by Gasteiger charge is -2.37. The van der Waals surface area contributed by atoms with E-state index in [1.165, 1.54) is 0 Å². The number of carbonyl (C=O) groups excluding carboxylic acids is 2. The highest BCUT2D eigenvalue weighted by Crippen LogP contribution is 2.30. The minimum atomic E-state index is -0.129. The van der Waals surface area contributed by atoms with Gasteiger partial charge in [-0.25, -0.2) is 0 Å². The van der Waals surface area contributed by atoms with Gasteiger partial charge in [0.15, 0.2) is 0 Å². The lowest BCUT2D eigenvalue weighted by molar-refractivity contribution is -0.122. The summed E-state index contributed by atoms with van der Waals surface area (Å²) in [6, 6.07) is 17.4. The first-order chi connectivity index (χ1) is 16.1. The minimum Gasteiger partial charge on any atom is -0.493 e. The van der Waals surface area contributed by atoms with Crippen LogP contribution in [0.1, 0.15) is 37.0 Å². The fraction of sp³-hybridized carbons (Fsp3) is 0.462. The summed E-state index contributed by atoms with van der Waals surface area (Å²) in [6.07, 6.45) is 1.73. The summed E-state index contributed by atoms with van der Waals surface area (Å²) in [5, 5.41) is 0. The Balaban J connectivity index is 1.40. The van der Waals surface area contributed by atoms with Crippen LogP contribution in [0.2, 0.25) is 0 Å². The van der Waals surface area contributed by atoms with Crippen molar-refractivity contribution in [2.45, 2.75) is 32.7 Å². The molecule has 2 saturated heterocycles. The number of nitrogens with one attached hydrogen (secondary N) is 2. The maximum Gasteiger partial charge on any atom is 0.257 e. The summed E-state index contributed by atoms with van der Waals surface area (Å²) in [5.41, 5.74) is 8.14. The third kappa shape index (κ3) is 5.04. The standard InChI is InChI=1S/C26H34N4O3/c1-3-30(20-10-6-5-7-11-20)26(32)22-18-27-28-24(22)19-14-16-29(17-15-19)25(31)21-12-8-9-13-23(21)33-4-2/h5-13,19,22,24,27-28H,3-4,14-18H2,1-2H3. The van der Waals surface area contributed by atoms with Gasteiger partial charge >= 0.3 is 0 Å². The molecule has 0 bridgehead atoms. The maximum absolute atomic E-state index is 13.5. The molecule has 2 aliphatic rings. The molecule has 0 spiro atoms. The molecule has 7 nitrogen and oxygen atoms in total. The molecule has 2 amide bonds. The molecule has 33 heavy (non-hydrogen) atoms. The number of anilines is 1. The highest BCUT2D eigenvalue weighted by atomic mass is 16.5. The van der Waals surface area contributed by atoms with Crippen LogP contribution < -0.4 is 20.5 Å². The van der Waals surface area contributed by atoms with Crippen LogP contribution in [0.5, 0.6) is 5.75 Å². The topological polar surface area (TPSA) is 73.9 Å². The first-order valence-corrected chi connectivity index (χ1v) is 12.0. The van der Waals surface area contributed by atoms with Gasteiger partial charge in [0.1, 0.15) is 5.75 Å². The number of benzene rings is 2. The van der Waals surface area contributed by atoms with Crippen LogP contribution in [0, 0.1) is 11.8 Å². The summed E-state index contributed by atoms with van der Waals surface area (Å²) < 4.78 is 5.65. The average Bonchev–Trinajstić information content (AvgIpc) is 3.35.